The minimum atomic E-state index is -4.03. The highest BCUT2D eigenvalue weighted by Crippen LogP contribution is 2.25. The molecule has 2 aromatic carbocycles. The van der Waals surface area contributed by atoms with Crippen molar-refractivity contribution in [2.24, 2.45) is 0 Å². The van der Waals surface area contributed by atoms with E-state index in [2.05, 4.69) is 4.74 Å². The number of esters is 2. The molecule has 2 aromatic rings. The molecule has 0 unspecified atom stereocenters. The van der Waals surface area contributed by atoms with Gasteiger partial charge in [-0.25, -0.2) is 13.2 Å². The number of carbonyl (C=O) groups excluding carboxylic acids is 2. The zero-order chi connectivity index (χ0) is 19.2. The Morgan fingerprint density at radius 2 is 1.73 bits per heavy atom. The molecule has 0 aliphatic rings. The third-order valence-electron chi connectivity index (χ3n) is 3.48. The third kappa shape index (κ3) is 4.40. The number of ether oxygens (including phenoxy) is 2. The smallest absolute Gasteiger partial charge is 0.338 e. The van der Waals surface area contributed by atoms with Gasteiger partial charge in [0.25, 0.3) is 10.0 Å². The van der Waals surface area contributed by atoms with Crippen LogP contribution in [0, 0.1) is 0 Å². The van der Waals surface area contributed by atoms with Gasteiger partial charge in [-0.15, -0.1) is 0 Å². The maximum Gasteiger partial charge on any atom is 0.338 e. The molecule has 8 heteroatoms. The maximum absolute atomic E-state index is 13.0. The Bertz CT molecular complexity index is 880. The first-order valence-electron chi connectivity index (χ1n) is 7.82. The van der Waals surface area contributed by atoms with E-state index in [1.54, 1.807) is 25.1 Å². The molecule has 0 atom stereocenters. The van der Waals surface area contributed by atoms with Crippen molar-refractivity contribution in [3.8, 4) is 0 Å². The standard InChI is InChI=1S/C18H19NO6S/c1-3-25-18(21)14-8-7-9-15(12-14)19(13-17(20)24-2)26(22,23)16-10-5-4-6-11-16/h4-12H,3,13H2,1-2H3. The van der Waals surface area contributed by atoms with Crippen molar-refractivity contribution in [1.82, 2.24) is 0 Å². The van der Waals surface area contributed by atoms with Gasteiger partial charge in [-0.1, -0.05) is 24.3 Å². The topological polar surface area (TPSA) is 90.0 Å². The summed E-state index contributed by atoms with van der Waals surface area (Å²) in [6.07, 6.45) is 0. The van der Waals surface area contributed by atoms with Crippen LogP contribution in [-0.4, -0.2) is 40.6 Å². The minimum absolute atomic E-state index is 0.0189. The van der Waals surface area contributed by atoms with Gasteiger partial charge in [0.2, 0.25) is 0 Å². The lowest BCUT2D eigenvalue weighted by molar-refractivity contribution is -0.138. The summed E-state index contributed by atoms with van der Waals surface area (Å²) >= 11 is 0. The summed E-state index contributed by atoms with van der Waals surface area (Å²) in [6, 6.07) is 13.6. The minimum Gasteiger partial charge on any atom is -0.468 e. The second-order valence-electron chi connectivity index (χ2n) is 5.17. The fourth-order valence-electron chi connectivity index (χ4n) is 2.22. The molecule has 0 aliphatic carbocycles. The second kappa shape index (κ2) is 8.48. The van der Waals surface area contributed by atoms with Gasteiger partial charge in [-0.2, -0.15) is 0 Å². The van der Waals surface area contributed by atoms with Gasteiger partial charge in [0.1, 0.15) is 6.54 Å². The van der Waals surface area contributed by atoms with Crippen molar-refractivity contribution in [2.45, 2.75) is 11.8 Å². The number of benzene rings is 2. The summed E-state index contributed by atoms with van der Waals surface area (Å²) < 4.78 is 36.4. The van der Waals surface area contributed by atoms with E-state index in [1.165, 1.54) is 43.5 Å². The van der Waals surface area contributed by atoms with Crippen molar-refractivity contribution >= 4 is 27.6 Å². The summed E-state index contributed by atoms with van der Waals surface area (Å²) in [5.41, 5.74) is 0.340. The first-order valence-corrected chi connectivity index (χ1v) is 9.26. The van der Waals surface area contributed by atoms with Crippen LogP contribution in [0.15, 0.2) is 59.5 Å². The van der Waals surface area contributed by atoms with Crippen molar-refractivity contribution in [1.29, 1.82) is 0 Å². The fraction of sp³-hybridized carbons (Fsp3) is 0.222. The van der Waals surface area contributed by atoms with E-state index in [9.17, 15) is 18.0 Å². The molecule has 0 spiro atoms. The number of hydrogen-bond donors (Lipinski definition) is 0. The van der Waals surface area contributed by atoms with Gasteiger partial charge in [0.05, 0.1) is 29.9 Å². The molecule has 0 saturated carbocycles. The van der Waals surface area contributed by atoms with Crippen LogP contribution in [0.25, 0.3) is 0 Å². The molecule has 0 fully saturated rings. The predicted octanol–water partition coefficient (Wildman–Crippen LogP) is 2.23. The lowest BCUT2D eigenvalue weighted by Crippen LogP contribution is -2.36. The average molecular weight is 377 g/mol. The van der Waals surface area contributed by atoms with Crippen LogP contribution in [-0.2, 0) is 24.3 Å². The summed E-state index contributed by atoms with van der Waals surface area (Å²) in [5.74, 6) is -1.31. The first-order chi connectivity index (χ1) is 12.4. The van der Waals surface area contributed by atoms with Crippen LogP contribution < -0.4 is 4.31 Å². The molecule has 0 aliphatic heterocycles. The van der Waals surface area contributed by atoms with E-state index in [0.717, 1.165) is 4.31 Å². The maximum atomic E-state index is 13.0. The zero-order valence-electron chi connectivity index (χ0n) is 14.4. The molecule has 7 nitrogen and oxygen atoms in total. The van der Waals surface area contributed by atoms with Crippen molar-refractivity contribution in [3.05, 3.63) is 60.2 Å². The molecule has 0 amide bonds. The molecular weight excluding hydrogens is 358 g/mol. The van der Waals surface area contributed by atoms with E-state index < -0.39 is 28.5 Å². The Morgan fingerprint density at radius 3 is 2.35 bits per heavy atom. The largest absolute Gasteiger partial charge is 0.468 e. The van der Waals surface area contributed by atoms with Crippen molar-refractivity contribution < 1.29 is 27.5 Å². The van der Waals surface area contributed by atoms with E-state index in [1.807, 2.05) is 0 Å². The van der Waals surface area contributed by atoms with Gasteiger partial charge in [0, 0.05) is 0 Å². The summed E-state index contributed by atoms with van der Waals surface area (Å²) in [7, 11) is -2.86. The van der Waals surface area contributed by atoms with Crippen molar-refractivity contribution in [3.63, 3.8) is 0 Å². The molecular formula is C18H19NO6S. The Labute approximate surface area is 152 Å². The van der Waals surface area contributed by atoms with Gasteiger partial charge in [-0.3, -0.25) is 9.10 Å². The molecule has 26 heavy (non-hydrogen) atoms. The predicted molar refractivity (Wildman–Crippen MR) is 95.4 cm³/mol. The lowest BCUT2D eigenvalue weighted by atomic mass is 10.2. The molecule has 0 saturated heterocycles. The van der Waals surface area contributed by atoms with Gasteiger partial charge in [0.15, 0.2) is 0 Å². The lowest BCUT2D eigenvalue weighted by Gasteiger charge is -2.23. The zero-order valence-corrected chi connectivity index (χ0v) is 15.2. The van der Waals surface area contributed by atoms with E-state index in [-0.39, 0.29) is 22.8 Å². The quantitative estimate of drug-likeness (QED) is 0.688. The van der Waals surface area contributed by atoms with Gasteiger partial charge < -0.3 is 9.47 Å². The molecule has 0 bridgehead atoms. The molecule has 138 valence electrons. The van der Waals surface area contributed by atoms with E-state index in [0.29, 0.717) is 0 Å². The van der Waals surface area contributed by atoms with Crippen LogP contribution in [0.3, 0.4) is 0 Å². The number of anilines is 1. The van der Waals surface area contributed by atoms with Crippen LogP contribution in [0.2, 0.25) is 0 Å². The van der Waals surface area contributed by atoms with Gasteiger partial charge in [-0.05, 0) is 37.3 Å². The number of nitrogens with zero attached hydrogens (tertiary/aromatic N) is 1. The summed E-state index contributed by atoms with van der Waals surface area (Å²) in [4.78, 5) is 23.7. The SMILES string of the molecule is CCOC(=O)c1cccc(N(CC(=O)OC)S(=O)(=O)c2ccccc2)c1. The monoisotopic (exact) mass is 377 g/mol. The first kappa shape index (κ1) is 19.5. The van der Waals surface area contributed by atoms with Crippen LogP contribution >= 0.6 is 0 Å². The third-order valence-corrected chi connectivity index (χ3v) is 5.26. The van der Waals surface area contributed by atoms with E-state index >= 15 is 0 Å². The normalized spacial score (nSPS) is 10.8. The molecule has 0 N–H and O–H groups in total. The van der Waals surface area contributed by atoms with Crippen LogP contribution in [0.1, 0.15) is 17.3 Å². The molecule has 0 aromatic heterocycles. The Kier molecular flexibility index (Phi) is 6.35. The van der Waals surface area contributed by atoms with Gasteiger partial charge >= 0.3 is 11.9 Å². The number of rotatable bonds is 7. The highest BCUT2D eigenvalue weighted by molar-refractivity contribution is 7.92. The molecule has 0 heterocycles. The highest BCUT2D eigenvalue weighted by Gasteiger charge is 2.28. The average Bonchev–Trinajstić information content (AvgIpc) is 2.66. The fourth-order valence-corrected chi connectivity index (χ4v) is 3.64. The van der Waals surface area contributed by atoms with E-state index in [4.69, 9.17) is 4.74 Å². The molecule has 0 radical (unpaired) electrons. The number of hydrogen-bond acceptors (Lipinski definition) is 6. The van der Waals surface area contributed by atoms with Crippen LogP contribution in [0.5, 0.6) is 0 Å². The second-order valence-corrected chi connectivity index (χ2v) is 7.03. The Hall–Kier alpha value is -2.87. The molecule has 2 rings (SSSR count). The number of carbonyl (C=O) groups is 2. The summed E-state index contributed by atoms with van der Waals surface area (Å²) in [5, 5.41) is 0. The number of methoxy groups -OCH3 is 1. The Morgan fingerprint density at radius 1 is 1.04 bits per heavy atom. The number of sulfonamides is 1. The highest BCUT2D eigenvalue weighted by atomic mass is 32.2. The van der Waals surface area contributed by atoms with Crippen LogP contribution in [0.4, 0.5) is 5.69 Å². The van der Waals surface area contributed by atoms with Crippen molar-refractivity contribution in [2.75, 3.05) is 24.6 Å². The Balaban J connectivity index is 2.51. The summed E-state index contributed by atoms with van der Waals surface area (Å²) in [6.45, 7) is 1.34.